The molecule has 82 valence electrons. The van der Waals surface area contributed by atoms with Gasteiger partial charge in [0.25, 0.3) is 0 Å². The van der Waals surface area contributed by atoms with Crippen molar-refractivity contribution >= 4 is 0 Å². The Morgan fingerprint density at radius 3 is 3.20 bits per heavy atom. The molecule has 1 aliphatic heterocycles. The number of hydrogen-bond donors (Lipinski definition) is 1. The van der Waals surface area contributed by atoms with E-state index >= 15 is 0 Å². The first-order chi connectivity index (χ1) is 7.24. The van der Waals surface area contributed by atoms with Gasteiger partial charge in [0.15, 0.2) is 6.10 Å². The molecule has 3 fully saturated rings. The van der Waals surface area contributed by atoms with Gasteiger partial charge in [0, 0.05) is 5.92 Å². The fourth-order valence-corrected chi connectivity index (χ4v) is 4.13. The Hall–Kier alpha value is -0.580. The van der Waals surface area contributed by atoms with Gasteiger partial charge in [0.1, 0.15) is 11.9 Å². The maximum Gasteiger partial charge on any atom is 0.158 e. The van der Waals surface area contributed by atoms with Crippen molar-refractivity contribution in [3.63, 3.8) is 0 Å². The van der Waals surface area contributed by atoms with Crippen molar-refractivity contribution in [3.05, 3.63) is 17.0 Å². The standard InChI is InChI=1S/C11H15NO3/c1-12(13)15-8-3-5-2-6(8)7-4-9-11(14-9)10(5)7/h4-8,10-12H,2-3H2,1H3. The van der Waals surface area contributed by atoms with Crippen LogP contribution < -0.4 is 5.23 Å². The number of fused-ring (bicyclic) bond motifs is 7. The summed E-state index contributed by atoms with van der Waals surface area (Å²) in [5, 5.41) is 10.9. The molecule has 0 aromatic heterocycles. The normalized spacial score (nSPS) is 55.7. The van der Waals surface area contributed by atoms with Gasteiger partial charge in [-0.25, -0.2) is 10.1 Å². The average Bonchev–Trinajstić information content (AvgIpc) is 2.59. The third-order valence-electron chi connectivity index (χ3n) is 4.58. The summed E-state index contributed by atoms with van der Waals surface area (Å²) in [5.41, 5.74) is 0. The van der Waals surface area contributed by atoms with Crippen LogP contribution in [0.4, 0.5) is 0 Å². The predicted molar refractivity (Wildman–Crippen MR) is 51.3 cm³/mol. The zero-order valence-corrected chi connectivity index (χ0v) is 8.68. The second-order valence-electron chi connectivity index (χ2n) is 5.31. The molecule has 4 nitrogen and oxygen atoms in total. The molecule has 3 aliphatic carbocycles. The summed E-state index contributed by atoms with van der Waals surface area (Å²) >= 11 is 0. The van der Waals surface area contributed by atoms with Crippen molar-refractivity contribution in [2.45, 2.75) is 25.0 Å². The maximum absolute atomic E-state index is 11.0. The van der Waals surface area contributed by atoms with Gasteiger partial charge in [-0.2, -0.15) is 0 Å². The summed E-state index contributed by atoms with van der Waals surface area (Å²) in [4.78, 5) is 5.39. The van der Waals surface area contributed by atoms with Crippen LogP contribution in [-0.4, -0.2) is 19.3 Å². The predicted octanol–water partition coefficient (Wildman–Crippen LogP) is -0.132. The second kappa shape index (κ2) is 2.56. The maximum atomic E-state index is 11.0. The lowest BCUT2D eigenvalue weighted by Crippen LogP contribution is -3.03. The van der Waals surface area contributed by atoms with Gasteiger partial charge in [0.05, 0.1) is 7.05 Å². The molecule has 15 heavy (non-hydrogen) atoms. The molecule has 0 aromatic rings. The molecular formula is C11H15NO3. The van der Waals surface area contributed by atoms with Crippen molar-refractivity contribution in [2.24, 2.45) is 23.7 Å². The SMILES string of the molecule is C[NH+]([O-])OC1CC2CC1C1C=C3OC3C21. The zero-order valence-electron chi connectivity index (χ0n) is 8.68. The number of quaternary nitrogens is 1. The molecule has 0 spiro atoms. The molecule has 7 unspecified atom stereocenters. The Morgan fingerprint density at radius 2 is 2.40 bits per heavy atom. The van der Waals surface area contributed by atoms with Crippen LogP contribution >= 0.6 is 0 Å². The van der Waals surface area contributed by atoms with Gasteiger partial charge < -0.3 is 9.94 Å². The van der Waals surface area contributed by atoms with Crippen LogP contribution in [0.1, 0.15) is 12.8 Å². The van der Waals surface area contributed by atoms with Crippen molar-refractivity contribution < 1.29 is 14.8 Å². The Labute approximate surface area is 88.4 Å². The van der Waals surface area contributed by atoms with Crippen LogP contribution in [0, 0.1) is 28.9 Å². The van der Waals surface area contributed by atoms with E-state index < -0.39 is 0 Å². The summed E-state index contributed by atoms with van der Waals surface area (Å²) < 4.78 is 5.49. The van der Waals surface area contributed by atoms with Gasteiger partial charge in [-0.3, -0.25) is 0 Å². The molecule has 1 N–H and O–H groups in total. The van der Waals surface area contributed by atoms with E-state index in [0.29, 0.717) is 17.9 Å². The first-order valence-electron chi connectivity index (χ1n) is 5.79. The highest BCUT2D eigenvalue weighted by atomic mass is 16.9. The summed E-state index contributed by atoms with van der Waals surface area (Å²) in [6.45, 7) is 0. The molecule has 4 aliphatic rings. The Kier molecular flexibility index (Phi) is 1.46. The van der Waals surface area contributed by atoms with Crippen molar-refractivity contribution in [2.75, 3.05) is 7.05 Å². The molecule has 0 amide bonds. The zero-order chi connectivity index (χ0) is 10.2. The Morgan fingerprint density at radius 1 is 1.53 bits per heavy atom. The van der Waals surface area contributed by atoms with E-state index in [1.165, 1.54) is 19.2 Å². The van der Waals surface area contributed by atoms with Gasteiger partial charge in [0.2, 0.25) is 0 Å². The molecule has 1 saturated heterocycles. The van der Waals surface area contributed by atoms with Gasteiger partial charge >= 0.3 is 0 Å². The molecule has 4 heteroatoms. The second-order valence-corrected chi connectivity index (χ2v) is 5.31. The first-order valence-corrected chi connectivity index (χ1v) is 5.79. The number of allylic oxidation sites excluding steroid dienone is 1. The molecule has 4 rings (SSSR count). The minimum Gasteiger partial charge on any atom is -0.600 e. The fraction of sp³-hybridized carbons (Fsp3) is 0.818. The lowest BCUT2D eigenvalue weighted by Gasteiger charge is -2.32. The van der Waals surface area contributed by atoms with Crippen molar-refractivity contribution in [3.8, 4) is 0 Å². The fourth-order valence-electron chi connectivity index (χ4n) is 4.13. The van der Waals surface area contributed by atoms with Crippen molar-refractivity contribution in [1.29, 1.82) is 0 Å². The summed E-state index contributed by atoms with van der Waals surface area (Å²) in [7, 11) is 1.51. The van der Waals surface area contributed by atoms with E-state index in [2.05, 4.69) is 6.08 Å². The van der Waals surface area contributed by atoms with Crippen LogP contribution in [0.2, 0.25) is 0 Å². The summed E-state index contributed by atoms with van der Waals surface area (Å²) in [5.74, 6) is 3.88. The van der Waals surface area contributed by atoms with E-state index in [9.17, 15) is 5.21 Å². The number of epoxide rings is 1. The highest BCUT2D eigenvalue weighted by Crippen LogP contribution is 2.63. The van der Waals surface area contributed by atoms with Crippen LogP contribution in [0.15, 0.2) is 11.8 Å². The molecular weight excluding hydrogens is 194 g/mol. The molecule has 2 bridgehead atoms. The molecule has 2 saturated carbocycles. The van der Waals surface area contributed by atoms with Crippen LogP contribution in [0.25, 0.3) is 0 Å². The summed E-state index contributed by atoms with van der Waals surface area (Å²) in [6, 6.07) is 0. The lowest BCUT2D eigenvalue weighted by molar-refractivity contribution is -1.04. The average molecular weight is 209 g/mol. The van der Waals surface area contributed by atoms with E-state index in [1.54, 1.807) is 0 Å². The topological polar surface area (TPSA) is 49.3 Å². The highest BCUT2D eigenvalue weighted by molar-refractivity contribution is 5.30. The van der Waals surface area contributed by atoms with Crippen LogP contribution in [0.5, 0.6) is 0 Å². The number of nitrogens with one attached hydrogen (secondary N) is 1. The monoisotopic (exact) mass is 209 g/mol. The molecule has 0 aromatic carbocycles. The quantitative estimate of drug-likeness (QED) is 0.509. The third-order valence-corrected chi connectivity index (χ3v) is 4.58. The van der Waals surface area contributed by atoms with Gasteiger partial charge in [-0.05, 0) is 36.7 Å². The number of hydrogen-bond acceptors (Lipinski definition) is 3. The largest absolute Gasteiger partial charge is 0.600 e. The van der Waals surface area contributed by atoms with Gasteiger partial charge in [-0.15, -0.1) is 0 Å². The van der Waals surface area contributed by atoms with E-state index in [-0.39, 0.29) is 11.3 Å². The first kappa shape index (κ1) is 8.56. The number of rotatable bonds is 2. The summed E-state index contributed by atoms with van der Waals surface area (Å²) in [6.07, 6.45) is 5.21. The third kappa shape index (κ3) is 1.02. The van der Waals surface area contributed by atoms with Crippen molar-refractivity contribution in [1.82, 2.24) is 0 Å². The Balaban J connectivity index is 1.57. The Bertz CT molecular complexity index is 341. The lowest BCUT2D eigenvalue weighted by atomic mass is 9.79. The van der Waals surface area contributed by atoms with E-state index in [1.807, 2.05) is 0 Å². The number of hydroxylamine groups is 2. The number of ether oxygens (including phenoxy) is 1. The van der Waals surface area contributed by atoms with E-state index in [4.69, 9.17) is 9.57 Å². The minimum absolute atomic E-state index is 0.129. The molecule has 1 heterocycles. The molecule has 0 radical (unpaired) electrons. The smallest absolute Gasteiger partial charge is 0.158 e. The minimum atomic E-state index is -0.129. The van der Waals surface area contributed by atoms with Crippen LogP contribution in [-0.2, 0) is 9.57 Å². The van der Waals surface area contributed by atoms with E-state index in [0.717, 1.165) is 18.3 Å². The highest BCUT2D eigenvalue weighted by Gasteiger charge is 2.64. The van der Waals surface area contributed by atoms with Gasteiger partial charge in [-0.1, -0.05) is 0 Å². The van der Waals surface area contributed by atoms with Crippen LogP contribution in [0.3, 0.4) is 0 Å². The molecule has 7 atom stereocenters.